The van der Waals surface area contributed by atoms with Crippen LogP contribution in [0.4, 0.5) is 11.8 Å². The second kappa shape index (κ2) is 7.76. The van der Waals surface area contributed by atoms with Crippen LogP contribution in [0.5, 0.6) is 0 Å². The van der Waals surface area contributed by atoms with Crippen LogP contribution in [0.15, 0.2) is 28.7 Å². The number of rotatable bonds is 6. The van der Waals surface area contributed by atoms with Gasteiger partial charge in [-0.25, -0.2) is 4.98 Å². The van der Waals surface area contributed by atoms with Crippen LogP contribution >= 0.6 is 15.9 Å². The Kier molecular flexibility index (Phi) is 5.37. The minimum absolute atomic E-state index is 0.0354. The average Bonchev–Trinajstić information content (AvgIpc) is 3.50. The second-order valence-corrected chi connectivity index (χ2v) is 8.93. The molecule has 0 amide bonds. The molecular formula is C21H27BrN4O. The van der Waals surface area contributed by atoms with Crippen molar-refractivity contribution in [2.24, 2.45) is 5.92 Å². The molecule has 1 saturated carbocycles. The molecule has 0 spiro atoms. The van der Waals surface area contributed by atoms with Gasteiger partial charge in [0.1, 0.15) is 5.82 Å². The number of nitrogens with one attached hydrogen (secondary N) is 1. The third kappa shape index (κ3) is 4.27. The quantitative estimate of drug-likeness (QED) is 0.721. The summed E-state index contributed by atoms with van der Waals surface area (Å²) in [6.07, 6.45) is 3.44. The highest BCUT2D eigenvalue weighted by atomic mass is 79.9. The van der Waals surface area contributed by atoms with Gasteiger partial charge in [0.05, 0.1) is 18.3 Å². The van der Waals surface area contributed by atoms with Crippen molar-refractivity contribution in [2.45, 2.75) is 51.6 Å². The van der Waals surface area contributed by atoms with Crippen LogP contribution in [0.25, 0.3) is 0 Å². The lowest BCUT2D eigenvalue weighted by molar-refractivity contribution is 0.248. The van der Waals surface area contributed by atoms with Gasteiger partial charge in [0.15, 0.2) is 0 Å². The number of anilines is 2. The first-order chi connectivity index (χ1) is 13.0. The Labute approximate surface area is 169 Å². The molecule has 2 N–H and O–H groups in total. The van der Waals surface area contributed by atoms with Gasteiger partial charge in [0.2, 0.25) is 5.95 Å². The van der Waals surface area contributed by atoms with E-state index in [2.05, 4.69) is 64.3 Å². The molecule has 0 bridgehead atoms. The van der Waals surface area contributed by atoms with Gasteiger partial charge in [-0.1, -0.05) is 35.8 Å². The molecule has 1 aliphatic carbocycles. The molecule has 2 aromatic rings. The van der Waals surface area contributed by atoms with Crippen molar-refractivity contribution in [3.63, 3.8) is 0 Å². The normalized spacial score (nSPS) is 17.7. The third-order valence-electron chi connectivity index (χ3n) is 5.55. The number of hydrogen-bond acceptors (Lipinski definition) is 5. The van der Waals surface area contributed by atoms with E-state index in [1.807, 2.05) is 0 Å². The zero-order valence-corrected chi connectivity index (χ0v) is 17.5. The first kappa shape index (κ1) is 18.7. The van der Waals surface area contributed by atoms with E-state index < -0.39 is 0 Å². The van der Waals surface area contributed by atoms with Crippen LogP contribution in [0, 0.1) is 5.92 Å². The highest BCUT2D eigenvalue weighted by Gasteiger charge is 2.28. The molecule has 0 radical (unpaired) electrons. The molecule has 1 fully saturated rings. The fraction of sp³-hybridized carbons (Fsp3) is 0.524. The summed E-state index contributed by atoms with van der Waals surface area (Å²) < 4.78 is 1.14. The number of aliphatic hydroxyl groups excluding tert-OH is 1. The first-order valence-electron chi connectivity index (χ1n) is 9.82. The predicted octanol–water partition coefficient (Wildman–Crippen LogP) is 4.11. The molecule has 1 aliphatic heterocycles. The molecule has 27 heavy (non-hydrogen) atoms. The zero-order valence-electron chi connectivity index (χ0n) is 16.0. The lowest BCUT2D eigenvalue weighted by Crippen LogP contribution is -2.33. The second-order valence-electron chi connectivity index (χ2n) is 8.01. The summed E-state index contributed by atoms with van der Waals surface area (Å²) >= 11 is 3.57. The Morgan fingerprint density at radius 2 is 2.04 bits per heavy atom. The lowest BCUT2D eigenvalue weighted by Gasteiger charge is -2.30. The maximum Gasteiger partial charge on any atom is 0.225 e. The average molecular weight is 431 g/mol. The minimum atomic E-state index is -0.0354. The van der Waals surface area contributed by atoms with Crippen LogP contribution in [0.3, 0.4) is 0 Å². The summed E-state index contributed by atoms with van der Waals surface area (Å²) in [4.78, 5) is 11.9. The van der Waals surface area contributed by atoms with E-state index in [1.165, 1.54) is 24.0 Å². The van der Waals surface area contributed by atoms with Crippen molar-refractivity contribution in [1.82, 2.24) is 9.97 Å². The highest BCUT2D eigenvalue weighted by Crippen LogP contribution is 2.40. The molecule has 2 aliphatic rings. The van der Waals surface area contributed by atoms with Gasteiger partial charge in [0, 0.05) is 29.5 Å². The Morgan fingerprint density at radius 3 is 2.74 bits per heavy atom. The van der Waals surface area contributed by atoms with Crippen LogP contribution in [0.1, 0.15) is 49.4 Å². The van der Waals surface area contributed by atoms with E-state index in [9.17, 15) is 5.11 Å². The number of nitrogens with zero attached hydrogens (tertiary/aromatic N) is 3. The van der Waals surface area contributed by atoms with E-state index >= 15 is 0 Å². The SMILES string of the molecule is CC(C)[C@H](CO)Nc1nc(C2CC2)cc(N2CCc3cc(Br)ccc3C2)n1. The molecule has 6 heteroatoms. The molecule has 4 rings (SSSR count). The maximum absolute atomic E-state index is 9.67. The summed E-state index contributed by atoms with van der Waals surface area (Å²) in [6, 6.07) is 8.67. The molecule has 2 heterocycles. The van der Waals surface area contributed by atoms with Crippen LogP contribution in [0.2, 0.25) is 0 Å². The number of benzene rings is 1. The molecule has 1 aromatic carbocycles. The van der Waals surface area contributed by atoms with Crippen molar-refractivity contribution in [3.8, 4) is 0 Å². The Hall–Kier alpha value is -1.66. The Bertz CT molecular complexity index is 822. The van der Waals surface area contributed by atoms with E-state index in [0.29, 0.717) is 17.8 Å². The monoisotopic (exact) mass is 430 g/mol. The molecule has 1 aromatic heterocycles. The van der Waals surface area contributed by atoms with Gasteiger partial charge in [-0.3, -0.25) is 0 Å². The largest absolute Gasteiger partial charge is 0.394 e. The number of halogens is 1. The molecule has 1 atom stereocenters. The molecular weight excluding hydrogens is 404 g/mol. The van der Waals surface area contributed by atoms with Gasteiger partial charge >= 0.3 is 0 Å². The van der Waals surface area contributed by atoms with E-state index in [0.717, 1.165) is 35.5 Å². The highest BCUT2D eigenvalue weighted by molar-refractivity contribution is 9.10. The maximum atomic E-state index is 9.67. The van der Waals surface area contributed by atoms with Crippen molar-refractivity contribution < 1.29 is 5.11 Å². The van der Waals surface area contributed by atoms with Gasteiger partial charge in [-0.15, -0.1) is 0 Å². The summed E-state index contributed by atoms with van der Waals surface area (Å²) in [7, 11) is 0. The van der Waals surface area contributed by atoms with Crippen molar-refractivity contribution in [3.05, 3.63) is 45.6 Å². The first-order valence-corrected chi connectivity index (χ1v) is 10.6. The fourth-order valence-electron chi connectivity index (χ4n) is 3.57. The number of fused-ring (bicyclic) bond motifs is 1. The van der Waals surface area contributed by atoms with Gasteiger partial charge in [0.25, 0.3) is 0 Å². The van der Waals surface area contributed by atoms with E-state index in [1.54, 1.807) is 0 Å². The van der Waals surface area contributed by atoms with Gasteiger partial charge < -0.3 is 15.3 Å². The molecule has 0 saturated heterocycles. The summed E-state index contributed by atoms with van der Waals surface area (Å²) in [6.45, 7) is 6.10. The Morgan fingerprint density at radius 1 is 1.22 bits per heavy atom. The fourth-order valence-corrected chi connectivity index (χ4v) is 3.98. The zero-order chi connectivity index (χ0) is 19.0. The van der Waals surface area contributed by atoms with Crippen LogP contribution in [-0.2, 0) is 13.0 Å². The predicted molar refractivity (Wildman–Crippen MR) is 112 cm³/mol. The number of aliphatic hydroxyl groups is 1. The smallest absolute Gasteiger partial charge is 0.225 e. The molecule has 5 nitrogen and oxygen atoms in total. The molecule has 144 valence electrons. The van der Waals surface area contributed by atoms with Crippen molar-refractivity contribution >= 4 is 27.7 Å². The van der Waals surface area contributed by atoms with Crippen molar-refractivity contribution in [1.29, 1.82) is 0 Å². The summed E-state index contributed by atoms with van der Waals surface area (Å²) in [5.41, 5.74) is 3.90. The van der Waals surface area contributed by atoms with Crippen LogP contribution in [-0.4, -0.2) is 34.3 Å². The minimum Gasteiger partial charge on any atom is -0.394 e. The third-order valence-corrected chi connectivity index (χ3v) is 6.04. The Balaban J connectivity index is 1.61. The topological polar surface area (TPSA) is 61.3 Å². The lowest BCUT2D eigenvalue weighted by atomic mass is 10.00. The number of hydrogen-bond donors (Lipinski definition) is 2. The van der Waals surface area contributed by atoms with Crippen molar-refractivity contribution in [2.75, 3.05) is 23.4 Å². The summed E-state index contributed by atoms with van der Waals surface area (Å²) in [5.74, 6) is 2.51. The molecule has 0 unspecified atom stereocenters. The number of aromatic nitrogens is 2. The van der Waals surface area contributed by atoms with E-state index in [4.69, 9.17) is 9.97 Å². The summed E-state index contributed by atoms with van der Waals surface area (Å²) in [5, 5.41) is 13.0. The van der Waals surface area contributed by atoms with E-state index in [-0.39, 0.29) is 12.6 Å². The standard InChI is InChI=1S/C21H27BrN4O/c1-13(2)19(12-27)24-21-23-18(14-3-4-14)10-20(25-21)26-8-7-15-9-17(22)6-5-16(15)11-26/h5-6,9-10,13-14,19,27H,3-4,7-8,11-12H2,1-2H3,(H,23,24,25)/t19-/m0/s1. The van der Waals surface area contributed by atoms with Gasteiger partial charge in [-0.05, 0) is 48.4 Å². The van der Waals surface area contributed by atoms with Crippen LogP contribution < -0.4 is 10.2 Å². The van der Waals surface area contributed by atoms with Gasteiger partial charge in [-0.2, -0.15) is 4.98 Å².